The Morgan fingerprint density at radius 3 is 2.70 bits per heavy atom. The first-order valence-corrected chi connectivity index (χ1v) is 7.76. The lowest BCUT2D eigenvalue weighted by Gasteiger charge is -2.39. The molecule has 0 aromatic carbocycles. The standard InChI is InChI=1S/C15H31N3O2/c1-12-7-5-6-10-18(12)13(11-16)8-9-17-14(19)20-15(2,3)4/h12-13H,5-11,16H2,1-4H3,(H,17,19). The highest BCUT2D eigenvalue weighted by Crippen LogP contribution is 2.20. The van der Waals surface area contributed by atoms with Crippen LogP contribution in [0.25, 0.3) is 0 Å². The average molecular weight is 285 g/mol. The van der Waals surface area contributed by atoms with E-state index < -0.39 is 5.60 Å². The monoisotopic (exact) mass is 285 g/mol. The molecule has 0 aromatic heterocycles. The molecule has 1 rings (SSSR count). The van der Waals surface area contributed by atoms with Crippen LogP contribution in [-0.2, 0) is 4.74 Å². The summed E-state index contributed by atoms with van der Waals surface area (Å²) in [5, 5.41) is 2.81. The predicted molar refractivity (Wildman–Crippen MR) is 81.7 cm³/mol. The van der Waals surface area contributed by atoms with Crippen molar-refractivity contribution in [1.29, 1.82) is 0 Å². The first kappa shape index (κ1) is 17.2. The molecule has 2 atom stereocenters. The molecule has 5 nitrogen and oxygen atoms in total. The number of nitrogens with two attached hydrogens (primary N) is 1. The second-order valence-corrected chi connectivity index (χ2v) is 6.69. The SMILES string of the molecule is CC1CCCCN1C(CN)CCNC(=O)OC(C)(C)C. The lowest BCUT2D eigenvalue weighted by molar-refractivity contribution is 0.0514. The Kier molecular flexibility index (Phi) is 6.76. The molecule has 1 saturated heterocycles. The Labute approximate surface area is 123 Å². The molecule has 0 spiro atoms. The Morgan fingerprint density at radius 1 is 1.45 bits per heavy atom. The molecule has 0 radical (unpaired) electrons. The summed E-state index contributed by atoms with van der Waals surface area (Å²) in [4.78, 5) is 14.1. The number of amides is 1. The van der Waals surface area contributed by atoms with E-state index in [9.17, 15) is 4.79 Å². The molecule has 0 aliphatic carbocycles. The Bertz CT molecular complexity index is 302. The van der Waals surface area contributed by atoms with Gasteiger partial charge in [0.2, 0.25) is 0 Å². The minimum atomic E-state index is -0.446. The summed E-state index contributed by atoms with van der Waals surface area (Å²) in [5.74, 6) is 0. The van der Waals surface area contributed by atoms with E-state index in [0.29, 0.717) is 25.2 Å². The number of hydrogen-bond donors (Lipinski definition) is 2. The number of piperidine rings is 1. The van der Waals surface area contributed by atoms with Gasteiger partial charge in [0.25, 0.3) is 0 Å². The maximum Gasteiger partial charge on any atom is 0.407 e. The van der Waals surface area contributed by atoms with Gasteiger partial charge in [0.1, 0.15) is 5.60 Å². The molecule has 1 aliphatic heterocycles. The smallest absolute Gasteiger partial charge is 0.407 e. The van der Waals surface area contributed by atoms with Crippen LogP contribution in [0.3, 0.4) is 0 Å². The Hall–Kier alpha value is -0.810. The maximum atomic E-state index is 11.6. The van der Waals surface area contributed by atoms with E-state index in [1.165, 1.54) is 19.3 Å². The van der Waals surface area contributed by atoms with Gasteiger partial charge in [-0.3, -0.25) is 4.90 Å². The third kappa shape index (κ3) is 6.09. The molecule has 5 heteroatoms. The normalized spacial score (nSPS) is 22.4. The first-order chi connectivity index (χ1) is 9.33. The van der Waals surface area contributed by atoms with Gasteiger partial charge in [-0.05, 0) is 53.5 Å². The van der Waals surface area contributed by atoms with Gasteiger partial charge in [0.05, 0.1) is 0 Å². The summed E-state index contributed by atoms with van der Waals surface area (Å²) in [5.41, 5.74) is 5.45. The number of alkyl carbamates (subject to hydrolysis) is 1. The largest absolute Gasteiger partial charge is 0.444 e. The van der Waals surface area contributed by atoms with E-state index in [1.807, 2.05) is 20.8 Å². The summed E-state index contributed by atoms with van der Waals surface area (Å²) >= 11 is 0. The molecule has 2 unspecified atom stereocenters. The molecular weight excluding hydrogens is 254 g/mol. The molecule has 1 amide bonds. The maximum absolute atomic E-state index is 11.6. The van der Waals surface area contributed by atoms with Gasteiger partial charge in [-0.25, -0.2) is 4.79 Å². The number of carbonyl (C=O) groups is 1. The molecule has 0 saturated carbocycles. The van der Waals surface area contributed by atoms with Crippen molar-refractivity contribution in [3.05, 3.63) is 0 Å². The van der Waals surface area contributed by atoms with E-state index in [-0.39, 0.29) is 6.09 Å². The molecule has 0 bridgehead atoms. The molecule has 3 N–H and O–H groups in total. The zero-order valence-corrected chi connectivity index (χ0v) is 13.4. The van der Waals surface area contributed by atoms with Crippen molar-refractivity contribution in [1.82, 2.24) is 10.2 Å². The second-order valence-electron chi connectivity index (χ2n) is 6.69. The van der Waals surface area contributed by atoms with Crippen LogP contribution in [0.5, 0.6) is 0 Å². The number of rotatable bonds is 5. The highest BCUT2D eigenvalue weighted by molar-refractivity contribution is 5.67. The van der Waals surface area contributed by atoms with E-state index >= 15 is 0 Å². The quantitative estimate of drug-likeness (QED) is 0.812. The van der Waals surface area contributed by atoms with Crippen molar-refractivity contribution in [3.63, 3.8) is 0 Å². The number of hydrogen-bond acceptors (Lipinski definition) is 4. The van der Waals surface area contributed by atoms with Crippen molar-refractivity contribution >= 4 is 6.09 Å². The number of carbonyl (C=O) groups excluding carboxylic acids is 1. The fourth-order valence-electron chi connectivity index (χ4n) is 2.74. The number of nitrogens with one attached hydrogen (secondary N) is 1. The molecular formula is C15H31N3O2. The molecule has 20 heavy (non-hydrogen) atoms. The van der Waals surface area contributed by atoms with Crippen LogP contribution in [0.2, 0.25) is 0 Å². The predicted octanol–water partition coefficient (Wildman–Crippen LogP) is 2.10. The van der Waals surface area contributed by atoms with Crippen LogP contribution in [0.4, 0.5) is 4.79 Å². The molecule has 118 valence electrons. The van der Waals surface area contributed by atoms with Gasteiger partial charge in [-0.2, -0.15) is 0 Å². The van der Waals surface area contributed by atoms with Gasteiger partial charge in [-0.15, -0.1) is 0 Å². The average Bonchev–Trinajstić information content (AvgIpc) is 2.34. The van der Waals surface area contributed by atoms with Crippen LogP contribution in [0.15, 0.2) is 0 Å². The summed E-state index contributed by atoms with van der Waals surface area (Å²) in [6.45, 7) is 10.2. The van der Waals surface area contributed by atoms with Crippen molar-refractivity contribution in [2.75, 3.05) is 19.6 Å². The van der Waals surface area contributed by atoms with Crippen LogP contribution >= 0.6 is 0 Å². The summed E-state index contributed by atoms with van der Waals surface area (Å²) in [6.07, 6.45) is 4.33. The Morgan fingerprint density at radius 2 is 2.15 bits per heavy atom. The minimum absolute atomic E-state index is 0.347. The van der Waals surface area contributed by atoms with E-state index in [2.05, 4.69) is 17.1 Å². The molecule has 1 aliphatic rings. The van der Waals surface area contributed by atoms with Gasteiger partial charge >= 0.3 is 6.09 Å². The van der Waals surface area contributed by atoms with Gasteiger partial charge < -0.3 is 15.8 Å². The minimum Gasteiger partial charge on any atom is -0.444 e. The second kappa shape index (κ2) is 7.84. The topological polar surface area (TPSA) is 67.6 Å². The van der Waals surface area contributed by atoms with Gasteiger partial charge in [0.15, 0.2) is 0 Å². The zero-order chi connectivity index (χ0) is 15.2. The van der Waals surface area contributed by atoms with Crippen molar-refractivity contribution in [3.8, 4) is 0 Å². The van der Waals surface area contributed by atoms with E-state index in [0.717, 1.165) is 13.0 Å². The summed E-state index contributed by atoms with van der Waals surface area (Å²) < 4.78 is 5.22. The number of ether oxygens (including phenoxy) is 1. The third-order valence-electron chi connectivity index (χ3n) is 3.74. The molecule has 1 heterocycles. The fraction of sp³-hybridized carbons (Fsp3) is 0.933. The van der Waals surface area contributed by atoms with Crippen LogP contribution in [0, 0.1) is 0 Å². The lowest BCUT2D eigenvalue weighted by Crippen LogP contribution is -2.49. The van der Waals surface area contributed by atoms with E-state index in [4.69, 9.17) is 10.5 Å². The van der Waals surface area contributed by atoms with Crippen LogP contribution in [-0.4, -0.2) is 48.3 Å². The lowest BCUT2D eigenvalue weighted by atomic mass is 10.00. The molecule has 1 fully saturated rings. The van der Waals surface area contributed by atoms with E-state index in [1.54, 1.807) is 0 Å². The van der Waals surface area contributed by atoms with Crippen molar-refractivity contribution in [2.45, 2.75) is 71.1 Å². The number of likely N-dealkylation sites (tertiary alicyclic amines) is 1. The van der Waals surface area contributed by atoms with Gasteiger partial charge in [0, 0.05) is 25.2 Å². The zero-order valence-electron chi connectivity index (χ0n) is 13.4. The van der Waals surface area contributed by atoms with Crippen LogP contribution < -0.4 is 11.1 Å². The highest BCUT2D eigenvalue weighted by atomic mass is 16.6. The van der Waals surface area contributed by atoms with Crippen molar-refractivity contribution in [2.24, 2.45) is 5.73 Å². The van der Waals surface area contributed by atoms with Gasteiger partial charge in [-0.1, -0.05) is 6.42 Å². The Balaban J connectivity index is 2.32. The highest BCUT2D eigenvalue weighted by Gasteiger charge is 2.25. The first-order valence-electron chi connectivity index (χ1n) is 7.76. The van der Waals surface area contributed by atoms with Crippen LogP contribution in [0.1, 0.15) is 53.4 Å². The fourth-order valence-corrected chi connectivity index (χ4v) is 2.74. The third-order valence-corrected chi connectivity index (χ3v) is 3.74. The summed E-state index contributed by atoms with van der Waals surface area (Å²) in [6, 6.07) is 0.944. The molecule has 0 aromatic rings. The number of nitrogens with zero attached hydrogens (tertiary/aromatic N) is 1. The van der Waals surface area contributed by atoms with Crippen molar-refractivity contribution < 1.29 is 9.53 Å². The summed E-state index contributed by atoms with van der Waals surface area (Å²) in [7, 11) is 0.